The molecule has 1 aliphatic rings. The van der Waals surface area contributed by atoms with E-state index in [-0.39, 0.29) is 5.57 Å². The number of urea groups is 1. The van der Waals surface area contributed by atoms with Gasteiger partial charge < -0.3 is 4.74 Å². The lowest BCUT2D eigenvalue weighted by Gasteiger charge is -2.26. The van der Waals surface area contributed by atoms with Crippen LogP contribution in [0.4, 0.5) is 10.5 Å². The maximum absolute atomic E-state index is 13.0. The number of ether oxygens (including phenoxy) is 1. The molecule has 0 unspecified atom stereocenters. The molecule has 0 aromatic heterocycles. The average Bonchev–Trinajstić information content (AvgIpc) is 2.78. The van der Waals surface area contributed by atoms with Crippen LogP contribution in [0.15, 0.2) is 76.8 Å². The summed E-state index contributed by atoms with van der Waals surface area (Å²) >= 11 is 9.86. The lowest BCUT2D eigenvalue weighted by atomic mass is 10.1. The summed E-state index contributed by atoms with van der Waals surface area (Å²) in [6.07, 6.45) is 1.39. The van der Waals surface area contributed by atoms with E-state index in [0.717, 1.165) is 16.0 Å². The van der Waals surface area contributed by atoms with E-state index in [2.05, 4.69) is 21.2 Å². The zero-order valence-electron chi connectivity index (χ0n) is 17.5. The number of anilines is 1. The van der Waals surface area contributed by atoms with Gasteiger partial charge in [0, 0.05) is 0 Å². The van der Waals surface area contributed by atoms with Gasteiger partial charge >= 0.3 is 6.03 Å². The minimum Gasteiger partial charge on any atom is -0.486 e. The van der Waals surface area contributed by atoms with E-state index in [1.807, 2.05) is 37.3 Å². The Labute approximate surface area is 203 Å². The number of carbonyl (C=O) groups excluding carboxylic acids is 3. The number of nitrogens with one attached hydrogen (secondary N) is 1. The van der Waals surface area contributed by atoms with Crippen molar-refractivity contribution >= 4 is 57.1 Å². The first kappa shape index (κ1) is 22.8. The molecular weight excluding hydrogens is 508 g/mol. The molecular formula is C25H18BrClN2O4. The molecule has 0 saturated carbocycles. The molecule has 1 heterocycles. The molecule has 166 valence electrons. The summed E-state index contributed by atoms with van der Waals surface area (Å²) in [5.74, 6) is -1.05. The van der Waals surface area contributed by atoms with Crippen molar-refractivity contribution in [2.24, 2.45) is 0 Å². The van der Waals surface area contributed by atoms with Gasteiger partial charge in [0.05, 0.1) is 15.2 Å². The molecule has 0 atom stereocenters. The number of aryl methyl sites for hydroxylation is 1. The fraction of sp³-hybridized carbons (Fsp3) is 0.0800. The summed E-state index contributed by atoms with van der Waals surface area (Å²) in [5.41, 5.74) is 2.64. The summed E-state index contributed by atoms with van der Waals surface area (Å²) in [5, 5.41) is 2.52. The first-order chi connectivity index (χ1) is 15.8. The van der Waals surface area contributed by atoms with Crippen molar-refractivity contribution in [2.75, 3.05) is 4.90 Å². The molecule has 3 aromatic rings. The smallest absolute Gasteiger partial charge is 0.335 e. The van der Waals surface area contributed by atoms with Crippen LogP contribution in [0.25, 0.3) is 6.08 Å². The molecule has 4 amide bonds. The zero-order chi connectivity index (χ0) is 23.5. The number of amides is 4. The lowest BCUT2D eigenvalue weighted by molar-refractivity contribution is -0.122. The monoisotopic (exact) mass is 524 g/mol. The summed E-state index contributed by atoms with van der Waals surface area (Å²) in [4.78, 5) is 38.7. The highest BCUT2D eigenvalue weighted by atomic mass is 79.9. The van der Waals surface area contributed by atoms with Gasteiger partial charge in [-0.05, 0) is 64.3 Å². The van der Waals surface area contributed by atoms with Crippen molar-refractivity contribution in [3.8, 4) is 5.75 Å². The predicted molar refractivity (Wildman–Crippen MR) is 130 cm³/mol. The Kier molecular flexibility index (Phi) is 6.62. The Morgan fingerprint density at radius 2 is 1.73 bits per heavy atom. The Morgan fingerprint density at radius 1 is 1.03 bits per heavy atom. The number of hydrogen-bond donors (Lipinski definition) is 1. The van der Waals surface area contributed by atoms with E-state index in [9.17, 15) is 14.4 Å². The van der Waals surface area contributed by atoms with Crippen LogP contribution in [0.5, 0.6) is 5.75 Å². The van der Waals surface area contributed by atoms with Gasteiger partial charge in [0.2, 0.25) is 0 Å². The van der Waals surface area contributed by atoms with Crippen LogP contribution in [-0.4, -0.2) is 17.8 Å². The Hall–Kier alpha value is -3.42. The lowest BCUT2D eigenvalue weighted by Crippen LogP contribution is -2.54. The molecule has 0 bridgehead atoms. The maximum atomic E-state index is 13.0. The van der Waals surface area contributed by atoms with Crippen molar-refractivity contribution in [1.29, 1.82) is 0 Å². The van der Waals surface area contributed by atoms with Crippen LogP contribution >= 0.6 is 27.5 Å². The fourth-order valence-corrected chi connectivity index (χ4v) is 4.27. The summed E-state index contributed by atoms with van der Waals surface area (Å²) in [6, 6.07) is 19.0. The standard InChI is InChI=1S/C25H18BrClN2O4/c1-15-7-9-18(10-8-15)29-24(31)19(23(30)28-25(29)32)11-17-12-20(26)22(21(27)13-17)33-14-16-5-3-2-4-6-16/h2-13H,14H2,1H3,(H,28,30,32)/b19-11+. The SMILES string of the molecule is Cc1ccc(N2C(=O)NC(=O)/C(=C\c3cc(Cl)c(OCc4ccccc4)c(Br)c3)C2=O)cc1. The summed E-state index contributed by atoms with van der Waals surface area (Å²) in [6.45, 7) is 2.22. The van der Waals surface area contributed by atoms with Crippen molar-refractivity contribution in [3.05, 3.63) is 98.5 Å². The molecule has 1 N–H and O–H groups in total. The Bertz CT molecular complexity index is 1250. The van der Waals surface area contributed by atoms with Gasteiger partial charge in [-0.1, -0.05) is 59.6 Å². The van der Waals surface area contributed by atoms with Gasteiger partial charge in [-0.3, -0.25) is 14.9 Å². The number of imide groups is 2. The topological polar surface area (TPSA) is 75.7 Å². The van der Waals surface area contributed by atoms with Crippen LogP contribution in [-0.2, 0) is 16.2 Å². The van der Waals surface area contributed by atoms with E-state index < -0.39 is 17.8 Å². The second kappa shape index (κ2) is 9.60. The van der Waals surface area contributed by atoms with Gasteiger partial charge in [0.25, 0.3) is 11.8 Å². The van der Waals surface area contributed by atoms with Gasteiger partial charge in [-0.25, -0.2) is 9.69 Å². The first-order valence-electron chi connectivity index (χ1n) is 9.97. The number of barbiturate groups is 1. The second-order valence-electron chi connectivity index (χ2n) is 7.38. The third-order valence-corrected chi connectivity index (χ3v) is 5.82. The maximum Gasteiger partial charge on any atom is 0.335 e. The third kappa shape index (κ3) is 4.99. The van der Waals surface area contributed by atoms with Crippen molar-refractivity contribution in [2.45, 2.75) is 13.5 Å². The third-order valence-electron chi connectivity index (χ3n) is 4.95. The van der Waals surface area contributed by atoms with Gasteiger partial charge in [0.15, 0.2) is 5.75 Å². The number of rotatable bonds is 5. The van der Waals surface area contributed by atoms with E-state index in [1.54, 1.807) is 36.4 Å². The molecule has 8 heteroatoms. The molecule has 6 nitrogen and oxygen atoms in total. The summed E-state index contributed by atoms with van der Waals surface area (Å²) < 4.78 is 6.40. The predicted octanol–water partition coefficient (Wildman–Crippen LogP) is 5.66. The average molecular weight is 526 g/mol. The molecule has 1 saturated heterocycles. The number of nitrogens with zero attached hydrogens (tertiary/aromatic N) is 1. The van der Waals surface area contributed by atoms with E-state index in [0.29, 0.717) is 33.1 Å². The highest BCUT2D eigenvalue weighted by Crippen LogP contribution is 2.36. The highest BCUT2D eigenvalue weighted by molar-refractivity contribution is 9.10. The molecule has 3 aromatic carbocycles. The van der Waals surface area contributed by atoms with E-state index in [1.165, 1.54) is 6.08 Å². The van der Waals surface area contributed by atoms with Crippen molar-refractivity contribution < 1.29 is 19.1 Å². The Balaban J connectivity index is 1.61. The molecule has 1 fully saturated rings. The quantitative estimate of drug-likeness (QED) is 0.345. The normalized spacial score (nSPS) is 15.1. The molecule has 0 spiro atoms. The molecule has 4 rings (SSSR count). The van der Waals surface area contributed by atoms with Crippen LogP contribution in [0.3, 0.4) is 0 Å². The van der Waals surface area contributed by atoms with Gasteiger partial charge in [-0.15, -0.1) is 0 Å². The first-order valence-corrected chi connectivity index (χ1v) is 11.1. The zero-order valence-corrected chi connectivity index (χ0v) is 19.8. The molecule has 0 radical (unpaired) electrons. The van der Waals surface area contributed by atoms with Crippen LogP contribution in [0.1, 0.15) is 16.7 Å². The van der Waals surface area contributed by atoms with Crippen LogP contribution < -0.4 is 15.0 Å². The number of benzene rings is 3. The van der Waals surface area contributed by atoms with Crippen LogP contribution in [0.2, 0.25) is 5.02 Å². The Morgan fingerprint density at radius 3 is 2.39 bits per heavy atom. The number of halogens is 2. The van der Waals surface area contributed by atoms with Gasteiger partial charge in [0.1, 0.15) is 12.2 Å². The van der Waals surface area contributed by atoms with E-state index in [4.69, 9.17) is 16.3 Å². The van der Waals surface area contributed by atoms with Crippen molar-refractivity contribution in [1.82, 2.24) is 5.32 Å². The molecule has 33 heavy (non-hydrogen) atoms. The minimum atomic E-state index is -0.796. The number of hydrogen-bond acceptors (Lipinski definition) is 4. The van der Waals surface area contributed by atoms with Crippen molar-refractivity contribution in [3.63, 3.8) is 0 Å². The highest BCUT2D eigenvalue weighted by Gasteiger charge is 2.36. The minimum absolute atomic E-state index is 0.184. The van der Waals surface area contributed by atoms with Crippen LogP contribution in [0, 0.1) is 6.92 Å². The van der Waals surface area contributed by atoms with E-state index >= 15 is 0 Å². The van der Waals surface area contributed by atoms with Gasteiger partial charge in [-0.2, -0.15) is 0 Å². The molecule has 0 aliphatic carbocycles. The fourth-order valence-electron chi connectivity index (χ4n) is 3.28. The number of carbonyl (C=O) groups is 3. The molecule has 1 aliphatic heterocycles. The largest absolute Gasteiger partial charge is 0.486 e. The summed E-state index contributed by atoms with van der Waals surface area (Å²) in [7, 11) is 0. The second-order valence-corrected chi connectivity index (χ2v) is 8.64.